The molecule has 0 aliphatic carbocycles. The zero-order valence-electron chi connectivity index (χ0n) is 9.35. The molecule has 1 N–H and O–H groups in total. The summed E-state index contributed by atoms with van der Waals surface area (Å²) in [4.78, 5) is 0. The molecule has 1 nitrogen and oxygen atoms in total. The van der Waals surface area contributed by atoms with Crippen molar-refractivity contribution < 1.29 is 13.2 Å². The van der Waals surface area contributed by atoms with Crippen molar-refractivity contribution in [3.8, 4) is 0 Å². The van der Waals surface area contributed by atoms with Crippen LogP contribution in [-0.4, -0.2) is 12.6 Å². The number of benzene rings is 1. The van der Waals surface area contributed by atoms with Crippen molar-refractivity contribution in [2.45, 2.75) is 25.1 Å². The highest BCUT2D eigenvalue weighted by molar-refractivity contribution is 5.68. The first kappa shape index (κ1) is 12.2. The SMILES string of the molecule is C=C(c1ccc(C(F)(F)F)cc1)C1CCCN1. The Kier molecular flexibility index (Phi) is 3.24. The lowest BCUT2D eigenvalue weighted by atomic mass is 9.98. The van der Waals surface area contributed by atoms with E-state index in [-0.39, 0.29) is 6.04 Å². The summed E-state index contributed by atoms with van der Waals surface area (Å²) in [5.74, 6) is 0. The lowest BCUT2D eigenvalue weighted by Gasteiger charge is -2.15. The first-order valence-corrected chi connectivity index (χ1v) is 5.58. The highest BCUT2D eigenvalue weighted by Crippen LogP contribution is 2.30. The minimum Gasteiger partial charge on any atom is -0.310 e. The second kappa shape index (κ2) is 4.53. The standard InChI is InChI=1S/C13H14F3N/c1-9(12-3-2-8-17-12)10-4-6-11(7-5-10)13(14,15)16/h4-7,12,17H,1-3,8H2. The monoisotopic (exact) mass is 241 g/mol. The van der Waals surface area contributed by atoms with Crippen LogP contribution in [0.2, 0.25) is 0 Å². The van der Waals surface area contributed by atoms with E-state index < -0.39 is 11.7 Å². The van der Waals surface area contributed by atoms with Gasteiger partial charge in [0.25, 0.3) is 0 Å². The molecule has 17 heavy (non-hydrogen) atoms. The minimum atomic E-state index is -4.27. The molecule has 2 rings (SSSR count). The van der Waals surface area contributed by atoms with Gasteiger partial charge in [0.15, 0.2) is 0 Å². The van der Waals surface area contributed by atoms with E-state index in [1.807, 2.05) is 0 Å². The van der Waals surface area contributed by atoms with Gasteiger partial charge in [0.05, 0.1) is 5.56 Å². The molecule has 0 amide bonds. The van der Waals surface area contributed by atoms with Crippen molar-refractivity contribution in [1.29, 1.82) is 0 Å². The van der Waals surface area contributed by atoms with Crippen LogP contribution in [0.15, 0.2) is 30.8 Å². The Morgan fingerprint density at radius 1 is 1.24 bits per heavy atom. The van der Waals surface area contributed by atoms with Crippen LogP contribution in [0.3, 0.4) is 0 Å². The minimum absolute atomic E-state index is 0.201. The molecular weight excluding hydrogens is 227 g/mol. The molecule has 0 spiro atoms. The second-order valence-electron chi connectivity index (χ2n) is 4.25. The molecule has 1 unspecified atom stereocenters. The number of nitrogens with one attached hydrogen (secondary N) is 1. The van der Waals surface area contributed by atoms with Crippen LogP contribution in [0, 0.1) is 0 Å². The molecule has 0 aromatic heterocycles. The summed E-state index contributed by atoms with van der Waals surface area (Å²) in [6.07, 6.45) is -2.18. The van der Waals surface area contributed by atoms with E-state index in [1.54, 1.807) is 0 Å². The Morgan fingerprint density at radius 2 is 1.88 bits per heavy atom. The lowest BCUT2D eigenvalue weighted by Crippen LogP contribution is -2.22. The number of hydrogen-bond donors (Lipinski definition) is 1. The summed E-state index contributed by atoms with van der Waals surface area (Å²) < 4.78 is 37.2. The maximum absolute atomic E-state index is 12.4. The Balaban J connectivity index is 2.15. The third-order valence-corrected chi connectivity index (χ3v) is 3.06. The molecule has 1 aliphatic rings. The van der Waals surface area contributed by atoms with Gasteiger partial charge in [-0.15, -0.1) is 0 Å². The second-order valence-corrected chi connectivity index (χ2v) is 4.25. The van der Waals surface area contributed by atoms with E-state index in [2.05, 4.69) is 11.9 Å². The van der Waals surface area contributed by atoms with Crippen LogP contribution < -0.4 is 5.32 Å². The summed E-state index contributed by atoms with van der Waals surface area (Å²) in [6.45, 7) is 4.90. The average Bonchev–Trinajstić information content (AvgIpc) is 2.80. The molecule has 92 valence electrons. The van der Waals surface area contributed by atoms with Crippen molar-refractivity contribution in [3.05, 3.63) is 42.0 Å². The Morgan fingerprint density at radius 3 is 2.35 bits per heavy atom. The van der Waals surface area contributed by atoms with E-state index in [9.17, 15) is 13.2 Å². The van der Waals surface area contributed by atoms with E-state index in [4.69, 9.17) is 0 Å². The van der Waals surface area contributed by atoms with Gasteiger partial charge < -0.3 is 5.32 Å². The Labute approximate surface area is 98.3 Å². The van der Waals surface area contributed by atoms with Crippen molar-refractivity contribution in [1.82, 2.24) is 5.32 Å². The number of rotatable bonds is 2. The molecule has 0 bridgehead atoms. The number of hydrogen-bond acceptors (Lipinski definition) is 1. The van der Waals surface area contributed by atoms with Crippen LogP contribution in [0.1, 0.15) is 24.0 Å². The maximum atomic E-state index is 12.4. The summed E-state index contributed by atoms with van der Waals surface area (Å²) in [6, 6.07) is 5.40. The van der Waals surface area contributed by atoms with Crippen LogP contribution in [-0.2, 0) is 6.18 Å². The maximum Gasteiger partial charge on any atom is 0.416 e. The van der Waals surface area contributed by atoms with Crippen molar-refractivity contribution >= 4 is 5.57 Å². The van der Waals surface area contributed by atoms with Gasteiger partial charge >= 0.3 is 6.18 Å². The van der Waals surface area contributed by atoms with Crippen molar-refractivity contribution in [2.24, 2.45) is 0 Å². The van der Waals surface area contributed by atoms with E-state index in [0.717, 1.165) is 42.7 Å². The normalized spacial score (nSPS) is 20.5. The van der Waals surface area contributed by atoms with Gasteiger partial charge in [0, 0.05) is 6.04 Å². The van der Waals surface area contributed by atoms with Crippen LogP contribution in [0.5, 0.6) is 0 Å². The molecule has 1 heterocycles. The zero-order valence-corrected chi connectivity index (χ0v) is 9.35. The van der Waals surface area contributed by atoms with Gasteiger partial charge in [0.1, 0.15) is 0 Å². The first-order chi connectivity index (χ1) is 7.98. The van der Waals surface area contributed by atoms with Gasteiger partial charge in [0.2, 0.25) is 0 Å². The van der Waals surface area contributed by atoms with E-state index in [0.29, 0.717) is 0 Å². The number of alkyl halides is 3. The molecule has 1 aromatic rings. The van der Waals surface area contributed by atoms with Gasteiger partial charge in [-0.3, -0.25) is 0 Å². The predicted octanol–water partition coefficient (Wildman–Crippen LogP) is 3.47. The van der Waals surface area contributed by atoms with E-state index in [1.165, 1.54) is 12.1 Å². The fourth-order valence-corrected chi connectivity index (χ4v) is 2.06. The average molecular weight is 241 g/mol. The van der Waals surface area contributed by atoms with Crippen molar-refractivity contribution in [2.75, 3.05) is 6.54 Å². The van der Waals surface area contributed by atoms with Crippen LogP contribution in [0.25, 0.3) is 5.57 Å². The van der Waals surface area contributed by atoms with Crippen molar-refractivity contribution in [3.63, 3.8) is 0 Å². The molecular formula is C13H14F3N. The predicted molar refractivity (Wildman–Crippen MR) is 61.5 cm³/mol. The van der Waals surface area contributed by atoms with Gasteiger partial charge in [-0.1, -0.05) is 18.7 Å². The molecule has 1 saturated heterocycles. The molecule has 1 atom stereocenters. The van der Waals surface area contributed by atoms with Crippen LogP contribution >= 0.6 is 0 Å². The summed E-state index contributed by atoms with van der Waals surface area (Å²) in [7, 11) is 0. The smallest absolute Gasteiger partial charge is 0.310 e. The van der Waals surface area contributed by atoms with Gasteiger partial charge in [-0.05, 0) is 42.7 Å². The fourth-order valence-electron chi connectivity index (χ4n) is 2.06. The molecule has 4 heteroatoms. The third-order valence-electron chi connectivity index (χ3n) is 3.06. The van der Waals surface area contributed by atoms with E-state index >= 15 is 0 Å². The Bertz CT molecular complexity index is 400. The molecule has 1 fully saturated rings. The topological polar surface area (TPSA) is 12.0 Å². The van der Waals surface area contributed by atoms with Gasteiger partial charge in [-0.25, -0.2) is 0 Å². The summed E-state index contributed by atoms with van der Waals surface area (Å²) in [5, 5.41) is 3.28. The molecule has 0 radical (unpaired) electrons. The quantitative estimate of drug-likeness (QED) is 0.836. The van der Waals surface area contributed by atoms with Crippen LogP contribution in [0.4, 0.5) is 13.2 Å². The first-order valence-electron chi connectivity index (χ1n) is 5.58. The third kappa shape index (κ3) is 2.69. The highest BCUT2D eigenvalue weighted by Gasteiger charge is 2.30. The summed E-state index contributed by atoms with van der Waals surface area (Å²) in [5.41, 5.74) is 1.03. The number of halogens is 3. The lowest BCUT2D eigenvalue weighted by molar-refractivity contribution is -0.137. The highest BCUT2D eigenvalue weighted by atomic mass is 19.4. The fraction of sp³-hybridized carbons (Fsp3) is 0.385. The Hall–Kier alpha value is -1.29. The summed E-state index contributed by atoms with van der Waals surface area (Å²) >= 11 is 0. The zero-order chi connectivity index (χ0) is 12.5. The molecule has 1 aliphatic heterocycles. The molecule has 0 saturated carbocycles. The largest absolute Gasteiger partial charge is 0.416 e. The van der Waals surface area contributed by atoms with Gasteiger partial charge in [-0.2, -0.15) is 13.2 Å². The molecule has 1 aromatic carbocycles.